The lowest BCUT2D eigenvalue weighted by molar-refractivity contribution is -0.385. The highest BCUT2D eigenvalue weighted by atomic mass is 19.2. The van der Waals surface area contributed by atoms with Gasteiger partial charge in [0.25, 0.3) is 5.69 Å². The first-order valence-corrected chi connectivity index (χ1v) is 3.69. The van der Waals surface area contributed by atoms with E-state index in [1.807, 2.05) is 0 Å². The van der Waals surface area contributed by atoms with Crippen molar-refractivity contribution in [1.82, 2.24) is 0 Å². The van der Waals surface area contributed by atoms with Gasteiger partial charge in [-0.1, -0.05) is 0 Å². The van der Waals surface area contributed by atoms with Crippen LogP contribution in [0.1, 0.15) is 10.4 Å². The molecule has 1 rings (SSSR count). The van der Waals surface area contributed by atoms with Gasteiger partial charge in [-0.2, -0.15) is 0 Å². The third-order valence-corrected chi connectivity index (χ3v) is 1.64. The lowest BCUT2D eigenvalue weighted by Crippen LogP contribution is -2.07. The zero-order valence-corrected chi connectivity index (χ0v) is 7.49. The number of halogens is 2. The van der Waals surface area contributed by atoms with Gasteiger partial charge in [-0.05, 0) is 6.07 Å². The van der Waals surface area contributed by atoms with E-state index in [1.54, 1.807) is 0 Å². The molecule has 0 atom stereocenters. The minimum Gasteiger partial charge on any atom is -0.465 e. The predicted molar refractivity (Wildman–Crippen MR) is 44.4 cm³/mol. The Morgan fingerprint density at radius 3 is 2.40 bits per heavy atom. The van der Waals surface area contributed by atoms with Crippen LogP contribution >= 0.6 is 0 Å². The average Bonchev–Trinajstić information content (AvgIpc) is 2.20. The number of hydrogen-bond donors (Lipinski definition) is 0. The van der Waals surface area contributed by atoms with Crippen molar-refractivity contribution in [3.8, 4) is 0 Å². The molecule has 0 amide bonds. The van der Waals surface area contributed by atoms with E-state index in [4.69, 9.17) is 0 Å². The number of carbonyl (C=O) groups is 1. The van der Waals surface area contributed by atoms with E-state index < -0.39 is 33.8 Å². The lowest BCUT2D eigenvalue weighted by atomic mass is 10.1. The van der Waals surface area contributed by atoms with Crippen molar-refractivity contribution in [2.75, 3.05) is 7.11 Å². The Bertz CT molecular complexity index is 433. The SMILES string of the molecule is COC(=O)c1cc(F)c(F)cc1[N+](=O)[O-]. The third-order valence-electron chi connectivity index (χ3n) is 1.64. The van der Waals surface area contributed by atoms with Crippen LogP contribution in [0.3, 0.4) is 0 Å². The Morgan fingerprint density at radius 1 is 1.40 bits per heavy atom. The number of hydrogen-bond acceptors (Lipinski definition) is 4. The van der Waals surface area contributed by atoms with Crippen molar-refractivity contribution in [1.29, 1.82) is 0 Å². The molecule has 0 aromatic heterocycles. The monoisotopic (exact) mass is 217 g/mol. The number of methoxy groups -OCH3 is 1. The lowest BCUT2D eigenvalue weighted by Gasteiger charge is -2.01. The number of rotatable bonds is 2. The van der Waals surface area contributed by atoms with Crippen LogP contribution in [0.25, 0.3) is 0 Å². The van der Waals surface area contributed by atoms with Crippen LogP contribution in [0.15, 0.2) is 12.1 Å². The molecule has 0 saturated heterocycles. The second kappa shape index (κ2) is 3.99. The summed E-state index contributed by atoms with van der Waals surface area (Å²) in [4.78, 5) is 20.4. The molecule has 0 N–H and O–H groups in total. The van der Waals surface area contributed by atoms with Gasteiger partial charge in [0.15, 0.2) is 11.6 Å². The van der Waals surface area contributed by atoms with Crippen molar-refractivity contribution in [2.24, 2.45) is 0 Å². The smallest absolute Gasteiger partial charge is 0.345 e. The Hall–Kier alpha value is -2.05. The molecular formula is C8H5F2NO4. The number of ether oxygens (including phenoxy) is 1. The Labute approximate surface area is 82.4 Å². The van der Waals surface area contributed by atoms with Crippen LogP contribution in [0.4, 0.5) is 14.5 Å². The Morgan fingerprint density at radius 2 is 1.93 bits per heavy atom. The molecule has 0 aliphatic carbocycles. The fourth-order valence-corrected chi connectivity index (χ4v) is 0.961. The van der Waals surface area contributed by atoms with E-state index in [0.29, 0.717) is 12.1 Å². The molecule has 80 valence electrons. The minimum atomic E-state index is -1.39. The molecular weight excluding hydrogens is 212 g/mol. The highest BCUT2D eigenvalue weighted by molar-refractivity contribution is 5.93. The van der Waals surface area contributed by atoms with Gasteiger partial charge in [0.05, 0.1) is 18.1 Å². The maximum Gasteiger partial charge on any atom is 0.345 e. The number of nitro benzene ring substituents is 1. The van der Waals surface area contributed by atoms with Crippen LogP contribution in [-0.2, 0) is 4.74 Å². The fraction of sp³-hybridized carbons (Fsp3) is 0.125. The fourth-order valence-electron chi connectivity index (χ4n) is 0.961. The first-order chi connectivity index (χ1) is 6.97. The zero-order valence-electron chi connectivity index (χ0n) is 7.49. The molecule has 7 heteroatoms. The molecule has 0 bridgehead atoms. The van der Waals surface area contributed by atoms with Crippen molar-refractivity contribution in [2.45, 2.75) is 0 Å². The van der Waals surface area contributed by atoms with Gasteiger partial charge in [-0.3, -0.25) is 10.1 Å². The highest BCUT2D eigenvalue weighted by Crippen LogP contribution is 2.22. The first kappa shape index (κ1) is 11.0. The molecule has 1 aromatic carbocycles. The van der Waals surface area contributed by atoms with Gasteiger partial charge in [0, 0.05) is 0 Å². The first-order valence-electron chi connectivity index (χ1n) is 3.69. The van der Waals surface area contributed by atoms with Crippen molar-refractivity contribution in [3.63, 3.8) is 0 Å². The second-order valence-corrected chi connectivity index (χ2v) is 2.53. The second-order valence-electron chi connectivity index (χ2n) is 2.53. The molecule has 0 spiro atoms. The van der Waals surface area contributed by atoms with Crippen LogP contribution in [0.5, 0.6) is 0 Å². The summed E-state index contributed by atoms with van der Waals surface area (Å²) in [6.45, 7) is 0. The van der Waals surface area contributed by atoms with Gasteiger partial charge in [-0.25, -0.2) is 13.6 Å². The number of carbonyl (C=O) groups excluding carboxylic acids is 1. The van der Waals surface area contributed by atoms with Gasteiger partial charge >= 0.3 is 5.97 Å². The normalized spacial score (nSPS) is 9.80. The quantitative estimate of drug-likeness (QED) is 0.429. The number of nitro groups is 1. The molecule has 1 aromatic rings. The molecule has 15 heavy (non-hydrogen) atoms. The molecule has 5 nitrogen and oxygen atoms in total. The summed E-state index contributed by atoms with van der Waals surface area (Å²) in [6.07, 6.45) is 0. The number of esters is 1. The zero-order chi connectivity index (χ0) is 11.6. The summed E-state index contributed by atoms with van der Waals surface area (Å²) in [7, 11) is 0.979. The van der Waals surface area contributed by atoms with E-state index in [-0.39, 0.29) is 0 Å². The summed E-state index contributed by atoms with van der Waals surface area (Å²) in [5.41, 5.74) is -1.46. The standard InChI is InChI=1S/C8H5F2NO4/c1-15-8(12)4-2-5(9)6(10)3-7(4)11(13)14/h2-3H,1H3. The van der Waals surface area contributed by atoms with Crippen LogP contribution in [0.2, 0.25) is 0 Å². The van der Waals surface area contributed by atoms with Gasteiger partial charge in [0.2, 0.25) is 0 Å². The summed E-state index contributed by atoms with van der Waals surface area (Å²) < 4.78 is 29.6. The maximum absolute atomic E-state index is 12.7. The van der Waals surface area contributed by atoms with E-state index >= 15 is 0 Å². The van der Waals surface area contributed by atoms with Gasteiger partial charge < -0.3 is 4.74 Å². The van der Waals surface area contributed by atoms with Crippen molar-refractivity contribution in [3.05, 3.63) is 39.4 Å². The van der Waals surface area contributed by atoms with Gasteiger partial charge in [0.1, 0.15) is 5.56 Å². The van der Waals surface area contributed by atoms with Gasteiger partial charge in [-0.15, -0.1) is 0 Å². The van der Waals surface area contributed by atoms with E-state index in [2.05, 4.69) is 4.74 Å². The molecule has 0 saturated carbocycles. The molecule has 0 fully saturated rings. The topological polar surface area (TPSA) is 69.4 Å². The van der Waals surface area contributed by atoms with E-state index in [0.717, 1.165) is 7.11 Å². The Balaban J connectivity index is 3.41. The van der Waals surface area contributed by atoms with Crippen LogP contribution in [0, 0.1) is 21.7 Å². The largest absolute Gasteiger partial charge is 0.465 e. The van der Waals surface area contributed by atoms with Crippen molar-refractivity contribution < 1.29 is 23.2 Å². The molecule has 0 unspecified atom stereocenters. The predicted octanol–water partition coefficient (Wildman–Crippen LogP) is 1.66. The third kappa shape index (κ3) is 2.06. The summed E-state index contributed by atoms with van der Waals surface area (Å²) >= 11 is 0. The molecule has 0 aliphatic heterocycles. The number of nitrogens with zero attached hydrogens (tertiary/aromatic N) is 1. The van der Waals surface area contributed by atoms with Crippen molar-refractivity contribution >= 4 is 11.7 Å². The van der Waals surface area contributed by atoms with E-state index in [1.165, 1.54) is 0 Å². The Kier molecular flexibility index (Phi) is 2.93. The summed E-state index contributed by atoms with van der Waals surface area (Å²) in [5.74, 6) is -3.84. The van der Waals surface area contributed by atoms with Crippen LogP contribution in [-0.4, -0.2) is 18.0 Å². The highest BCUT2D eigenvalue weighted by Gasteiger charge is 2.24. The van der Waals surface area contributed by atoms with E-state index in [9.17, 15) is 23.7 Å². The maximum atomic E-state index is 12.7. The molecule has 0 radical (unpaired) electrons. The summed E-state index contributed by atoms with van der Waals surface area (Å²) in [5, 5.41) is 10.4. The number of benzene rings is 1. The molecule has 0 aliphatic rings. The van der Waals surface area contributed by atoms with Crippen LogP contribution < -0.4 is 0 Å². The average molecular weight is 217 g/mol. The summed E-state index contributed by atoms with van der Waals surface area (Å²) in [6, 6.07) is 0.765. The minimum absolute atomic E-state index is 0.335. The molecule has 0 heterocycles.